The Bertz CT molecular complexity index is 1140. The van der Waals surface area contributed by atoms with E-state index in [1.54, 1.807) is 29.2 Å². The molecule has 0 radical (unpaired) electrons. The van der Waals surface area contributed by atoms with Crippen LogP contribution in [0.2, 0.25) is 5.02 Å². The van der Waals surface area contributed by atoms with E-state index in [4.69, 9.17) is 16.3 Å². The highest BCUT2D eigenvalue weighted by Gasteiger charge is 2.20. The summed E-state index contributed by atoms with van der Waals surface area (Å²) in [5, 5.41) is 12.1. The zero-order valence-electron chi connectivity index (χ0n) is 17.1. The molecule has 1 aliphatic heterocycles. The molecule has 10 heteroatoms. The first-order chi connectivity index (χ1) is 15.5. The van der Waals surface area contributed by atoms with Crippen molar-refractivity contribution in [2.45, 2.75) is 0 Å². The summed E-state index contributed by atoms with van der Waals surface area (Å²) in [6.07, 6.45) is 3.12. The standard InChI is InChI=1S/C22H21ClN4O4S/c23-17-4-7-19-20(15-17)32-22(24-19)26(10-9-25-11-13-31-14-12-25)21(28)8-3-16-1-5-18(6-2-16)27(29)30/h1-8,15H,9-14H2/b8-3+. The maximum Gasteiger partial charge on any atom is 0.269 e. The van der Waals surface area contributed by atoms with E-state index in [-0.39, 0.29) is 11.6 Å². The van der Waals surface area contributed by atoms with E-state index < -0.39 is 4.92 Å². The molecule has 32 heavy (non-hydrogen) atoms. The van der Waals surface area contributed by atoms with Gasteiger partial charge in [-0.3, -0.25) is 24.7 Å². The van der Waals surface area contributed by atoms with Gasteiger partial charge in [-0.1, -0.05) is 22.9 Å². The van der Waals surface area contributed by atoms with Gasteiger partial charge in [-0.25, -0.2) is 4.98 Å². The lowest BCUT2D eigenvalue weighted by Crippen LogP contribution is -2.42. The van der Waals surface area contributed by atoms with E-state index in [0.717, 1.165) is 23.3 Å². The van der Waals surface area contributed by atoms with Crippen molar-refractivity contribution < 1.29 is 14.5 Å². The number of halogens is 1. The third-order valence-corrected chi connectivity index (χ3v) is 6.38. The van der Waals surface area contributed by atoms with Gasteiger partial charge >= 0.3 is 0 Å². The molecule has 0 bridgehead atoms. The first-order valence-corrected chi connectivity index (χ1v) is 11.3. The smallest absolute Gasteiger partial charge is 0.269 e. The van der Waals surface area contributed by atoms with E-state index in [1.807, 2.05) is 12.1 Å². The van der Waals surface area contributed by atoms with Gasteiger partial charge in [-0.15, -0.1) is 0 Å². The average molecular weight is 473 g/mol. The van der Waals surface area contributed by atoms with Crippen LogP contribution in [0, 0.1) is 10.1 Å². The van der Waals surface area contributed by atoms with Crippen molar-refractivity contribution in [2.24, 2.45) is 0 Å². The van der Waals surface area contributed by atoms with Crippen LogP contribution in [0.25, 0.3) is 16.3 Å². The van der Waals surface area contributed by atoms with Crippen LogP contribution in [0.5, 0.6) is 0 Å². The highest BCUT2D eigenvalue weighted by atomic mass is 35.5. The maximum atomic E-state index is 13.1. The zero-order valence-corrected chi connectivity index (χ0v) is 18.7. The highest BCUT2D eigenvalue weighted by molar-refractivity contribution is 7.22. The molecule has 1 aliphatic rings. The third kappa shape index (κ3) is 5.49. The topological polar surface area (TPSA) is 88.8 Å². The maximum absolute atomic E-state index is 13.1. The normalized spacial score (nSPS) is 14.8. The summed E-state index contributed by atoms with van der Waals surface area (Å²) in [4.78, 5) is 32.1. The van der Waals surface area contributed by atoms with Gasteiger partial charge in [0, 0.05) is 49.4 Å². The van der Waals surface area contributed by atoms with Crippen LogP contribution >= 0.6 is 22.9 Å². The number of hydrogen-bond donors (Lipinski definition) is 0. The molecule has 1 aromatic heterocycles. The van der Waals surface area contributed by atoms with Crippen LogP contribution in [0.1, 0.15) is 5.56 Å². The number of anilines is 1. The van der Waals surface area contributed by atoms with Crippen molar-refractivity contribution in [3.05, 3.63) is 69.2 Å². The fourth-order valence-electron chi connectivity index (χ4n) is 3.33. The lowest BCUT2D eigenvalue weighted by Gasteiger charge is -2.28. The Kier molecular flexibility index (Phi) is 7.11. The van der Waals surface area contributed by atoms with Crippen molar-refractivity contribution >= 4 is 56.0 Å². The number of carbonyl (C=O) groups is 1. The molecule has 0 N–H and O–H groups in total. The number of non-ortho nitro benzene ring substituents is 1. The molecule has 0 spiro atoms. The van der Waals surface area contributed by atoms with Gasteiger partial charge in [0.2, 0.25) is 0 Å². The number of nitrogens with zero attached hydrogens (tertiary/aromatic N) is 4. The van der Waals surface area contributed by atoms with Gasteiger partial charge in [0.25, 0.3) is 11.6 Å². The minimum atomic E-state index is -0.453. The Hall–Kier alpha value is -2.85. The molecule has 2 aromatic carbocycles. The quantitative estimate of drug-likeness (QED) is 0.290. The second kappa shape index (κ2) is 10.2. The molecule has 3 aromatic rings. The predicted octanol–water partition coefficient (Wildman–Crippen LogP) is 4.24. The molecule has 166 valence electrons. The summed E-state index contributed by atoms with van der Waals surface area (Å²) in [5.41, 5.74) is 1.50. The van der Waals surface area contributed by atoms with E-state index in [0.29, 0.717) is 42.0 Å². The van der Waals surface area contributed by atoms with Crippen molar-refractivity contribution in [3.8, 4) is 0 Å². The highest BCUT2D eigenvalue weighted by Crippen LogP contribution is 2.31. The summed E-state index contributed by atoms with van der Waals surface area (Å²) in [5.74, 6) is -0.207. The van der Waals surface area contributed by atoms with E-state index in [2.05, 4.69) is 9.88 Å². The summed E-state index contributed by atoms with van der Waals surface area (Å²) in [6.45, 7) is 4.22. The van der Waals surface area contributed by atoms with Crippen molar-refractivity contribution in [1.29, 1.82) is 0 Å². The predicted molar refractivity (Wildman–Crippen MR) is 126 cm³/mol. The fourth-order valence-corrected chi connectivity index (χ4v) is 4.61. The van der Waals surface area contributed by atoms with Gasteiger partial charge in [0.1, 0.15) is 0 Å². The Balaban J connectivity index is 1.55. The minimum absolute atomic E-state index is 0.00810. The fraction of sp³-hybridized carbons (Fsp3) is 0.273. The molecule has 2 heterocycles. The number of hydrogen-bond acceptors (Lipinski definition) is 7. The largest absolute Gasteiger partial charge is 0.379 e. The summed E-state index contributed by atoms with van der Waals surface area (Å²) >= 11 is 7.53. The number of morpholine rings is 1. The Morgan fingerprint density at radius 1 is 1.25 bits per heavy atom. The molecule has 0 unspecified atom stereocenters. The van der Waals surface area contributed by atoms with Crippen molar-refractivity contribution in [3.63, 3.8) is 0 Å². The van der Waals surface area contributed by atoms with E-state index >= 15 is 0 Å². The number of aromatic nitrogens is 1. The van der Waals surface area contributed by atoms with E-state index in [1.165, 1.54) is 29.5 Å². The van der Waals surface area contributed by atoms with Crippen LogP contribution < -0.4 is 4.90 Å². The first kappa shape index (κ1) is 22.3. The zero-order chi connectivity index (χ0) is 22.5. The second-order valence-electron chi connectivity index (χ2n) is 7.23. The molecule has 4 rings (SSSR count). The van der Waals surface area contributed by atoms with Gasteiger partial charge in [-0.2, -0.15) is 0 Å². The average Bonchev–Trinajstić information content (AvgIpc) is 3.21. The Labute approximate surface area is 193 Å². The number of benzene rings is 2. The van der Waals surface area contributed by atoms with Crippen molar-refractivity contribution in [2.75, 3.05) is 44.3 Å². The molecular weight excluding hydrogens is 452 g/mol. The first-order valence-electron chi connectivity index (χ1n) is 10.1. The second-order valence-corrected chi connectivity index (χ2v) is 8.68. The number of thiazole rings is 1. The number of fused-ring (bicyclic) bond motifs is 1. The van der Waals surface area contributed by atoms with Gasteiger partial charge < -0.3 is 4.74 Å². The Morgan fingerprint density at radius 3 is 2.72 bits per heavy atom. The summed E-state index contributed by atoms with van der Waals surface area (Å²) in [6, 6.07) is 11.5. The number of nitro groups is 1. The SMILES string of the molecule is O=C(/C=C/c1ccc([N+](=O)[O-])cc1)N(CCN1CCOCC1)c1nc2ccc(Cl)cc2s1. The number of nitro benzene ring substituents is 1. The van der Waals surface area contributed by atoms with Crippen LogP contribution in [0.15, 0.2) is 48.5 Å². The summed E-state index contributed by atoms with van der Waals surface area (Å²) < 4.78 is 6.32. The number of ether oxygens (including phenoxy) is 1. The molecule has 1 saturated heterocycles. The van der Waals surface area contributed by atoms with Crippen molar-refractivity contribution in [1.82, 2.24) is 9.88 Å². The van der Waals surface area contributed by atoms with Crippen LogP contribution in [0.3, 0.4) is 0 Å². The van der Waals surface area contributed by atoms with Crippen LogP contribution in [0.4, 0.5) is 10.8 Å². The molecule has 8 nitrogen and oxygen atoms in total. The lowest BCUT2D eigenvalue weighted by molar-refractivity contribution is -0.384. The molecule has 0 atom stereocenters. The Morgan fingerprint density at radius 2 is 2.00 bits per heavy atom. The summed E-state index contributed by atoms with van der Waals surface area (Å²) in [7, 11) is 0. The number of carbonyl (C=O) groups excluding carboxylic acids is 1. The number of rotatable bonds is 7. The lowest BCUT2D eigenvalue weighted by atomic mass is 10.2. The molecule has 1 fully saturated rings. The minimum Gasteiger partial charge on any atom is -0.379 e. The molecular formula is C22H21ClN4O4S. The van der Waals surface area contributed by atoms with Gasteiger partial charge in [0.05, 0.1) is 28.4 Å². The molecule has 1 amide bonds. The third-order valence-electron chi connectivity index (χ3n) is 5.10. The number of amides is 1. The van der Waals surface area contributed by atoms with Crippen LogP contribution in [-0.2, 0) is 9.53 Å². The monoisotopic (exact) mass is 472 g/mol. The van der Waals surface area contributed by atoms with E-state index in [9.17, 15) is 14.9 Å². The molecule has 0 aliphatic carbocycles. The van der Waals surface area contributed by atoms with Gasteiger partial charge in [-0.05, 0) is 42.0 Å². The molecule has 0 saturated carbocycles. The van der Waals surface area contributed by atoms with Gasteiger partial charge in [0.15, 0.2) is 5.13 Å². The van der Waals surface area contributed by atoms with Crippen LogP contribution in [-0.4, -0.2) is 60.1 Å².